The SMILES string of the molecule is CCOC(=O)Nc1ncc(-c2nc3ccccc3c(=O)n2-c2cccc(OC)c2)s1. The van der Waals surface area contributed by atoms with Crippen molar-refractivity contribution in [2.24, 2.45) is 0 Å². The highest BCUT2D eigenvalue weighted by Gasteiger charge is 2.18. The van der Waals surface area contributed by atoms with E-state index in [1.807, 2.05) is 12.1 Å². The minimum absolute atomic E-state index is 0.211. The lowest BCUT2D eigenvalue weighted by Gasteiger charge is -2.13. The van der Waals surface area contributed by atoms with Crippen LogP contribution in [0, 0.1) is 0 Å². The molecule has 0 unspecified atom stereocenters. The molecule has 0 atom stereocenters. The minimum atomic E-state index is -0.588. The van der Waals surface area contributed by atoms with Gasteiger partial charge >= 0.3 is 6.09 Å². The molecule has 4 aromatic rings. The van der Waals surface area contributed by atoms with Gasteiger partial charge < -0.3 is 9.47 Å². The maximum atomic E-state index is 13.4. The van der Waals surface area contributed by atoms with Crippen molar-refractivity contribution in [2.75, 3.05) is 19.0 Å². The largest absolute Gasteiger partial charge is 0.497 e. The average molecular weight is 422 g/mol. The molecule has 2 heterocycles. The summed E-state index contributed by atoms with van der Waals surface area (Å²) >= 11 is 1.20. The van der Waals surface area contributed by atoms with Crippen molar-refractivity contribution in [3.05, 3.63) is 65.1 Å². The van der Waals surface area contributed by atoms with Gasteiger partial charge in [0.15, 0.2) is 11.0 Å². The van der Waals surface area contributed by atoms with Crippen LogP contribution in [0.25, 0.3) is 27.3 Å². The van der Waals surface area contributed by atoms with Gasteiger partial charge in [0.25, 0.3) is 5.56 Å². The van der Waals surface area contributed by atoms with Gasteiger partial charge in [0.1, 0.15) is 5.75 Å². The van der Waals surface area contributed by atoms with Crippen molar-refractivity contribution in [1.29, 1.82) is 0 Å². The van der Waals surface area contributed by atoms with Gasteiger partial charge in [-0.15, -0.1) is 0 Å². The lowest BCUT2D eigenvalue weighted by atomic mass is 10.2. The van der Waals surface area contributed by atoms with Crippen LogP contribution in [-0.2, 0) is 4.74 Å². The molecule has 8 nitrogen and oxygen atoms in total. The number of nitrogens with one attached hydrogen (secondary N) is 1. The molecule has 30 heavy (non-hydrogen) atoms. The van der Waals surface area contributed by atoms with Crippen molar-refractivity contribution in [3.8, 4) is 22.1 Å². The molecule has 0 fully saturated rings. The number of amides is 1. The lowest BCUT2D eigenvalue weighted by molar-refractivity contribution is 0.168. The number of benzene rings is 2. The standard InChI is InChI=1S/C21H18N4O4S/c1-3-29-21(27)24-20-22-12-17(30-20)18-23-16-10-5-4-9-15(16)19(26)25(18)13-7-6-8-14(11-13)28-2/h4-12H,3H2,1-2H3,(H,22,24,27). The predicted octanol–water partition coefficient (Wildman–Crippen LogP) is 4.09. The molecular formula is C21H18N4O4S. The maximum absolute atomic E-state index is 13.4. The van der Waals surface area contributed by atoms with Gasteiger partial charge in [0, 0.05) is 6.07 Å². The number of methoxy groups -OCH3 is 1. The third-order valence-electron chi connectivity index (χ3n) is 4.30. The molecule has 4 rings (SSSR count). The normalized spacial score (nSPS) is 10.7. The van der Waals surface area contributed by atoms with Crippen molar-refractivity contribution >= 4 is 33.5 Å². The number of fused-ring (bicyclic) bond motifs is 1. The van der Waals surface area contributed by atoms with Crippen LogP contribution in [-0.4, -0.2) is 34.3 Å². The van der Waals surface area contributed by atoms with Crippen molar-refractivity contribution < 1.29 is 14.3 Å². The summed E-state index contributed by atoms with van der Waals surface area (Å²) in [6.07, 6.45) is 0.981. The van der Waals surface area contributed by atoms with Gasteiger partial charge in [-0.25, -0.2) is 14.8 Å². The molecular weight excluding hydrogens is 404 g/mol. The molecule has 1 amide bonds. The highest BCUT2D eigenvalue weighted by Crippen LogP contribution is 2.30. The number of ether oxygens (including phenoxy) is 2. The third kappa shape index (κ3) is 3.74. The first-order chi connectivity index (χ1) is 14.6. The van der Waals surface area contributed by atoms with Gasteiger partial charge in [-0.2, -0.15) is 0 Å². The minimum Gasteiger partial charge on any atom is -0.497 e. The summed E-state index contributed by atoms with van der Waals surface area (Å²) in [7, 11) is 1.57. The van der Waals surface area contributed by atoms with Crippen LogP contribution < -0.4 is 15.6 Å². The fourth-order valence-electron chi connectivity index (χ4n) is 2.98. The lowest BCUT2D eigenvalue weighted by Crippen LogP contribution is -2.21. The predicted molar refractivity (Wildman–Crippen MR) is 116 cm³/mol. The fraction of sp³-hybridized carbons (Fsp3) is 0.143. The van der Waals surface area contributed by atoms with Crippen LogP contribution in [0.5, 0.6) is 5.75 Å². The van der Waals surface area contributed by atoms with Gasteiger partial charge in [0.05, 0.1) is 41.4 Å². The Hall–Kier alpha value is -3.72. The molecule has 0 aliphatic heterocycles. The number of carbonyl (C=O) groups excluding carboxylic acids is 1. The number of thiazole rings is 1. The van der Waals surface area contributed by atoms with Gasteiger partial charge in [0.2, 0.25) is 0 Å². The molecule has 0 bridgehead atoms. The number of hydrogen-bond acceptors (Lipinski definition) is 7. The van der Waals surface area contributed by atoms with Crippen LogP contribution >= 0.6 is 11.3 Å². The van der Waals surface area contributed by atoms with E-state index in [-0.39, 0.29) is 12.2 Å². The number of anilines is 1. The Bertz CT molecular complexity index is 1280. The summed E-state index contributed by atoms with van der Waals surface area (Å²) < 4.78 is 11.7. The summed E-state index contributed by atoms with van der Waals surface area (Å²) in [5.74, 6) is 1.04. The van der Waals surface area contributed by atoms with E-state index in [0.717, 1.165) is 0 Å². The number of aromatic nitrogens is 3. The number of carbonyl (C=O) groups is 1. The first-order valence-electron chi connectivity index (χ1n) is 9.17. The molecule has 0 radical (unpaired) electrons. The Morgan fingerprint density at radius 3 is 2.83 bits per heavy atom. The zero-order chi connectivity index (χ0) is 21.1. The monoisotopic (exact) mass is 422 g/mol. The highest BCUT2D eigenvalue weighted by atomic mass is 32.1. The third-order valence-corrected chi connectivity index (χ3v) is 5.21. The zero-order valence-corrected chi connectivity index (χ0v) is 17.1. The molecule has 0 spiro atoms. The molecule has 9 heteroatoms. The van der Waals surface area contributed by atoms with E-state index in [1.54, 1.807) is 56.6 Å². The summed E-state index contributed by atoms with van der Waals surface area (Å²) in [4.78, 5) is 34.6. The van der Waals surface area contributed by atoms with Gasteiger partial charge in [-0.05, 0) is 31.2 Å². The number of para-hydroxylation sites is 1. The highest BCUT2D eigenvalue weighted by molar-refractivity contribution is 7.19. The zero-order valence-electron chi connectivity index (χ0n) is 16.3. The van der Waals surface area contributed by atoms with Crippen LogP contribution in [0.2, 0.25) is 0 Å². The van der Waals surface area contributed by atoms with E-state index in [1.165, 1.54) is 15.9 Å². The Morgan fingerprint density at radius 2 is 2.03 bits per heavy atom. The van der Waals surface area contributed by atoms with E-state index in [9.17, 15) is 9.59 Å². The summed E-state index contributed by atoms with van der Waals surface area (Å²) in [5.41, 5.74) is 0.975. The Kier molecular flexibility index (Phi) is 5.44. The second-order valence-electron chi connectivity index (χ2n) is 6.17. The second kappa shape index (κ2) is 8.34. The van der Waals surface area contributed by atoms with Gasteiger partial charge in [-0.1, -0.05) is 29.5 Å². The molecule has 0 aliphatic carbocycles. The van der Waals surface area contributed by atoms with E-state index in [4.69, 9.17) is 14.5 Å². The van der Waals surface area contributed by atoms with E-state index < -0.39 is 6.09 Å². The fourth-order valence-corrected chi connectivity index (χ4v) is 3.76. The molecule has 2 aromatic heterocycles. The maximum Gasteiger partial charge on any atom is 0.413 e. The number of rotatable bonds is 5. The average Bonchev–Trinajstić information content (AvgIpc) is 3.22. The molecule has 2 aromatic carbocycles. The van der Waals surface area contributed by atoms with Crippen molar-refractivity contribution in [3.63, 3.8) is 0 Å². The Balaban J connectivity index is 1.90. The summed E-state index contributed by atoms with van der Waals surface area (Å²) in [6.45, 7) is 1.98. The Morgan fingerprint density at radius 1 is 1.20 bits per heavy atom. The summed E-state index contributed by atoms with van der Waals surface area (Å²) in [5, 5.41) is 3.42. The van der Waals surface area contributed by atoms with Crippen LogP contribution in [0.4, 0.5) is 9.93 Å². The molecule has 0 aliphatic rings. The molecule has 0 saturated heterocycles. The second-order valence-corrected chi connectivity index (χ2v) is 7.20. The Labute approximate surface area is 175 Å². The van der Waals surface area contributed by atoms with Crippen molar-refractivity contribution in [2.45, 2.75) is 6.92 Å². The smallest absolute Gasteiger partial charge is 0.413 e. The van der Waals surface area contributed by atoms with E-state index in [0.29, 0.717) is 38.2 Å². The van der Waals surface area contributed by atoms with E-state index >= 15 is 0 Å². The molecule has 1 N–H and O–H groups in total. The first kappa shape index (κ1) is 19.6. The molecule has 152 valence electrons. The summed E-state index contributed by atoms with van der Waals surface area (Å²) in [6, 6.07) is 14.3. The van der Waals surface area contributed by atoms with Crippen LogP contribution in [0.15, 0.2) is 59.5 Å². The van der Waals surface area contributed by atoms with E-state index in [2.05, 4.69) is 10.3 Å². The van der Waals surface area contributed by atoms with Crippen LogP contribution in [0.1, 0.15) is 6.92 Å². The van der Waals surface area contributed by atoms with Gasteiger partial charge in [-0.3, -0.25) is 14.7 Å². The van der Waals surface area contributed by atoms with Crippen molar-refractivity contribution in [1.82, 2.24) is 14.5 Å². The quantitative estimate of drug-likeness (QED) is 0.521. The molecule has 0 saturated carbocycles. The first-order valence-corrected chi connectivity index (χ1v) is 9.98. The number of nitrogens with zero attached hydrogens (tertiary/aromatic N) is 3. The van der Waals surface area contributed by atoms with Crippen LogP contribution in [0.3, 0.4) is 0 Å². The topological polar surface area (TPSA) is 95.3 Å². The number of hydrogen-bond donors (Lipinski definition) is 1.